The summed E-state index contributed by atoms with van der Waals surface area (Å²) in [6.07, 6.45) is 2.24. The second kappa shape index (κ2) is 10.4. The third-order valence-corrected chi connectivity index (χ3v) is 4.28. The van der Waals surface area contributed by atoms with Gasteiger partial charge in [-0.05, 0) is 49.1 Å². The molecular weight excluding hydrogens is 314 g/mol. The van der Waals surface area contributed by atoms with Gasteiger partial charge < -0.3 is 14.3 Å². The van der Waals surface area contributed by atoms with E-state index in [0.29, 0.717) is 25.7 Å². The number of benzene rings is 1. The van der Waals surface area contributed by atoms with Gasteiger partial charge in [0.2, 0.25) is 0 Å². The van der Waals surface area contributed by atoms with Gasteiger partial charge in [0, 0.05) is 13.1 Å². The predicted molar refractivity (Wildman–Crippen MR) is 100 cm³/mol. The Labute approximate surface area is 151 Å². The molecule has 0 aliphatic carbocycles. The van der Waals surface area contributed by atoms with Gasteiger partial charge in [0.05, 0.1) is 19.0 Å². The first-order valence-corrected chi connectivity index (χ1v) is 9.09. The quantitative estimate of drug-likeness (QED) is 0.668. The van der Waals surface area contributed by atoms with Crippen molar-refractivity contribution >= 4 is 0 Å². The number of ether oxygens (including phenoxy) is 1. The number of aliphatic hydroxyl groups excluding tert-OH is 1. The van der Waals surface area contributed by atoms with E-state index in [0.717, 1.165) is 25.3 Å². The van der Waals surface area contributed by atoms with Gasteiger partial charge in [-0.3, -0.25) is 4.90 Å². The number of hydrogen-bond acceptors (Lipinski definition) is 4. The van der Waals surface area contributed by atoms with Crippen molar-refractivity contribution in [3.8, 4) is 0 Å². The Hall–Kier alpha value is -1.62. The van der Waals surface area contributed by atoms with Gasteiger partial charge in [-0.25, -0.2) is 0 Å². The average molecular weight is 345 g/mol. The van der Waals surface area contributed by atoms with Crippen LogP contribution in [0.15, 0.2) is 47.1 Å². The molecule has 2 rings (SSSR count). The molecule has 4 heteroatoms. The SMILES string of the molecule is Cc1ccccc1CN(CCC(C)C)C[C@H](O)COCc1ccco1. The number of rotatable bonds is 11. The Balaban J connectivity index is 1.84. The van der Waals surface area contributed by atoms with Crippen molar-refractivity contribution in [2.45, 2.75) is 46.4 Å². The molecule has 1 heterocycles. The number of nitrogens with zero attached hydrogens (tertiary/aromatic N) is 1. The number of aliphatic hydroxyl groups is 1. The van der Waals surface area contributed by atoms with Crippen LogP contribution >= 0.6 is 0 Å². The molecule has 2 aromatic rings. The largest absolute Gasteiger partial charge is 0.467 e. The van der Waals surface area contributed by atoms with Gasteiger partial charge in [0.1, 0.15) is 12.4 Å². The van der Waals surface area contributed by atoms with Crippen molar-refractivity contribution in [3.63, 3.8) is 0 Å². The lowest BCUT2D eigenvalue weighted by Crippen LogP contribution is -2.35. The molecule has 0 aliphatic rings. The van der Waals surface area contributed by atoms with Crippen LogP contribution < -0.4 is 0 Å². The van der Waals surface area contributed by atoms with Crippen LogP contribution in [0, 0.1) is 12.8 Å². The highest BCUT2D eigenvalue weighted by Gasteiger charge is 2.14. The van der Waals surface area contributed by atoms with E-state index in [4.69, 9.17) is 9.15 Å². The van der Waals surface area contributed by atoms with E-state index in [9.17, 15) is 5.11 Å². The van der Waals surface area contributed by atoms with Gasteiger partial charge in [0.25, 0.3) is 0 Å². The van der Waals surface area contributed by atoms with Crippen LogP contribution in [0.3, 0.4) is 0 Å². The first kappa shape index (κ1) is 19.7. The van der Waals surface area contributed by atoms with E-state index in [-0.39, 0.29) is 0 Å². The minimum absolute atomic E-state index is 0.312. The number of aryl methyl sites for hydroxylation is 1. The Morgan fingerprint density at radius 3 is 2.64 bits per heavy atom. The maximum Gasteiger partial charge on any atom is 0.129 e. The molecule has 25 heavy (non-hydrogen) atoms. The maximum atomic E-state index is 10.4. The third kappa shape index (κ3) is 7.43. The predicted octanol–water partition coefficient (Wildman–Crippen LogP) is 4.01. The zero-order valence-electron chi connectivity index (χ0n) is 15.6. The zero-order chi connectivity index (χ0) is 18.1. The van der Waals surface area contributed by atoms with E-state index in [1.54, 1.807) is 6.26 Å². The lowest BCUT2D eigenvalue weighted by molar-refractivity contribution is 0.00323. The summed E-state index contributed by atoms with van der Waals surface area (Å²) in [5.74, 6) is 1.43. The summed E-state index contributed by atoms with van der Waals surface area (Å²) in [4.78, 5) is 2.32. The van der Waals surface area contributed by atoms with Crippen LogP contribution in [0.2, 0.25) is 0 Å². The topological polar surface area (TPSA) is 45.8 Å². The molecular formula is C21H31NO3. The highest BCUT2D eigenvalue weighted by molar-refractivity contribution is 5.25. The summed E-state index contributed by atoms with van der Waals surface area (Å²) < 4.78 is 10.8. The smallest absolute Gasteiger partial charge is 0.129 e. The van der Waals surface area contributed by atoms with Crippen molar-refractivity contribution in [3.05, 3.63) is 59.5 Å². The van der Waals surface area contributed by atoms with Gasteiger partial charge in [-0.15, -0.1) is 0 Å². The Kier molecular flexibility index (Phi) is 8.19. The molecule has 1 N–H and O–H groups in total. The van der Waals surface area contributed by atoms with E-state index in [1.807, 2.05) is 12.1 Å². The second-order valence-electron chi connectivity index (χ2n) is 7.09. The molecule has 4 nitrogen and oxygen atoms in total. The fourth-order valence-corrected chi connectivity index (χ4v) is 2.75. The van der Waals surface area contributed by atoms with Crippen LogP contribution in [0.4, 0.5) is 0 Å². The van der Waals surface area contributed by atoms with Crippen molar-refractivity contribution in [1.29, 1.82) is 0 Å². The molecule has 1 aromatic carbocycles. The summed E-state index contributed by atoms with van der Waals surface area (Å²) in [7, 11) is 0. The Morgan fingerprint density at radius 2 is 1.96 bits per heavy atom. The third-order valence-electron chi connectivity index (χ3n) is 4.28. The molecule has 1 atom stereocenters. The van der Waals surface area contributed by atoms with E-state index >= 15 is 0 Å². The maximum absolute atomic E-state index is 10.4. The van der Waals surface area contributed by atoms with Gasteiger partial charge in [0.15, 0.2) is 0 Å². The van der Waals surface area contributed by atoms with Gasteiger partial charge in [-0.1, -0.05) is 38.1 Å². The molecule has 0 amide bonds. The highest BCUT2D eigenvalue weighted by atomic mass is 16.5. The monoisotopic (exact) mass is 345 g/mol. The van der Waals surface area contributed by atoms with E-state index < -0.39 is 6.10 Å². The van der Waals surface area contributed by atoms with Crippen LogP contribution in [0.5, 0.6) is 0 Å². The molecule has 138 valence electrons. The summed E-state index contributed by atoms with van der Waals surface area (Å²) in [6.45, 7) is 9.75. The van der Waals surface area contributed by atoms with Crippen LogP contribution in [0.1, 0.15) is 37.2 Å². The number of furan rings is 1. The fourth-order valence-electron chi connectivity index (χ4n) is 2.75. The minimum Gasteiger partial charge on any atom is -0.467 e. The fraction of sp³-hybridized carbons (Fsp3) is 0.524. The van der Waals surface area contributed by atoms with Crippen LogP contribution in [0.25, 0.3) is 0 Å². The van der Waals surface area contributed by atoms with E-state index in [2.05, 4.69) is 49.9 Å². The van der Waals surface area contributed by atoms with Crippen molar-refractivity contribution in [2.75, 3.05) is 19.7 Å². The van der Waals surface area contributed by atoms with E-state index in [1.165, 1.54) is 11.1 Å². The summed E-state index contributed by atoms with van der Waals surface area (Å²) >= 11 is 0. The molecule has 0 unspecified atom stereocenters. The van der Waals surface area contributed by atoms with Crippen LogP contribution in [-0.2, 0) is 17.9 Å². The molecule has 0 fully saturated rings. The highest BCUT2D eigenvalue weighted by Crippen LogP contribution is 2.13. The summed E-state index contributed by atoms with van der Waals surface area (Å²) in [6, 6.07) is 12.2. The average Bonchev–Trinajstić information content (AvgIpc) is 3.08. The Morgan fingerprint density at radius 1 is 1.16 bits per heavy atom. The Bertz CT molecular complexity index is 595. The molecule has 0 radical (unpaired) electrons. The molecule has 0 saturated carbocycles. The zero-order valence-corrected chi connectivity index (χ0v) is 15.6. The van der Waals surface area contributed by atoms with Crippen LogP contribution in [-0.4, -0.2) is 35.8 Å². The van der Waals surface area contributed by atoms with Crippen molar-refractivity contribution in [2.24, 2.45) is 5.92 Å². The first-order chi connectivity index (χ1) is 12.0. The molecule has 0 aliphatic heterocycles. The molecule has 0 spiro atoms. The van der Waals surface area contributed by atoms with Gasteiger partial charge in [-0.2, -0.15) is 0 Å². The van der Waals surface area contributed by atoms with Crippen molar-refractivity contribution in [1.82, 2.24) is 4.90 Å². The minimum atomic E-state index is -0.508. The first-order valence-electron chi connectivity index (χ1n) is 9.09. The standard InChI is InChI=1S/C21H31NO3/c1-17(2)10-11-22(13-19-8-5-4-7-18(19)3)14-20(23)15-24-16-21-9-6-12-25-21/h4-9,12,17,20,23H,10-11,13-16H2,1-3H3/t20-/m0/s1. The summed E-state index contributed by atoms with van der Waals surface area (Å²) in [5, 5.41) is 10.4. The molecule has 0 saturated heterocycles. The normalized spacial score (nSPS) is 12.9. The molecule has 0 bridgehead atoms. The molecule has 1 aromatic heterocycles. The second-order valence-corrected chi connectivity index (χ2v) is 7.09. The lowest BCUT2D eigenvalue weighted by atomic mass is 10.1. The number of hydrogen-bond donors (Lipinski definition) is 1. The van der Waals surface area contributed by atoms with Gasteiger partial charge >= 0.3 is 0 Å². The summed E-state index contributed by atoms with van der Waals surface area (Å²) in [5.41, 5.74) is 2.61. The van der Waals surface area contributed by atoms with Crippen molar-refractivity contribution < 1.29 is 14.3 Å². The lowest BCUT2D eigenvalue weighted by Gasteiger charge is -2.26.